The molecule has 0 heterocycles. The summed E-state index contributed by atoms with van der Waals surface area (Å²) >= 11 is 0. The fourth-order valence-corrected chi connectivity index (χ4v) is 13.9. The fourth-order valence-electron chi connectivity index (χ4n) is 11.6. The first-order chi connectivity index (χ1) is 34.4. The second-order valence-electron chi connectivity index (χ2n) is 21.2. The number of hydrogen-bond donors (Lipinski definition) is 0. The molecule has 10 aromatic rings. The van der Waals surface area contributed by atoms with Crippen molar-refractivity contribution in [2.75, 3.05) is 9.80 Å². The maximum Gasteiger partial charge on any atom is 0.0991 e. The van der Waals surface area contributed by atoms with Crippen LogP contribution in [0, 0.1) is 22.7 Å². The predicted octanol–water partition coefficient (Wildman–Crippen LogP) is 16.1. The molecule has 340 valence electrons. The smallest absolute Gasteiger partial charge is 0.0991 e. The third kappa shape index (κ3) is 6.90. The molecule has 12 rings (SSSR count). The Hall–Kier alpha value is -8.27. The van der Waals surface area contributed by atoms with Gasteiger partial charge in [0.2, 0.25) is 0 Å². The van der Waals surface area contributed by atoms with Crippen LogP contribution in [0.3, 0.4) is 0 Å². The molecule has 0 saturated carbocycles. The lowest BCUT2D eigenvalue weighted by Gasteiger charge is -2.33. The van der Waals surface area contributed by atoms with Gasteiger partial charge in [0.05, 0.1) is 44.8 Å². The van der Waals surface area contributed by atoms with Crippen molar-refractivity contribution in [1.82, 2.24) is 0 Å². The van der Waals surface area contributed by atoms with Crippen molar-refractivity contribution in [3.63, 3.8) is 0 Å². The van der Waals surface area contributed by atoms with Gasteiger partial charge in [0, 0.05) is 34.1 Å². The van der Waals surface area contributed by atoms with Crippen LogP contribution in [0.25, 0.3) is 43.8 Å². The van der Waals surface area contributed by atoms with Crippen molar-refractivity contribution in [2.24, 2.45) is 0 Å². The molecule has 0 fully saturated rings. The molecule has 71 heavy (non-hydrogen) atoms. The van der Waals surface area contributed by atoms with Gasteiger partial charge < -0.3 is 9.80 Å². The van der Waals surface area contributed by atoms with Crippen LogP contribution in [0.4, 0.5) is 34.1 Å². The van der Waals surface area contributed by atoms with E-state index in [2.05, 4.69) is 243 Å². The van der Waals surface area contributed by atoms with E-state index in [1.54, 1.807) is 0 Å². The standard InChI is InChI=1S/C65H52N4Si2/c1-70(2,3)51-33-27-47(28-34-51)68(45-23-19-43(41-66)20-24-45)49-31-37-57-59(39-49)53-13-7-8-16-56(53)63-58-38-32-50(69(46-25-21-44(42-67)22-26-46)48-29-35-52(36-30-48)71(4,5)6)40-62(58)65(64(57)63)60-17-11-9-14-54(60)55-15-10-12-18-61(55)65/h7-40H,1-6H3. The lowest BCUT2D eigenvalue weighted by atomic mass is 9.69. The third-order valence-electron chi connectivity index (χ3n) is 15.0. The zero-order valence-electron chi connectivity index (χ0n) is 40.9. The monoisotopic (exact) mass is 944 g/mol. The number of benzene rings is 10. The fraction of sp³-hybridized carbons (Fsp3) is 0.108. The van der Waals surface area contributed by atoms with Gasteiger partial charge in [0.25, 0.3) is 0 Å². The van der Waals surface area contributed by atoms with E-state index in [-0.39, 0.29) is 0 Å². The average Bonchev–Trinajstić information content (AvgIpc) is 3.87. The van der Waals surface area contributed by atoms with Gasteiger partial charge in [-0.1, -0.05) is 159 Å². The summed E-state index contributed by atoms with van der Waals surface area (Å²) in [6, 6.07) is 80.2. The molecule has 4 nitrogen and oxygen atoms in total. The Balaban J connectivity index is 1.14. The Bertz CT molecular complexity index is 3800. The molecule has 0 amide bonds. The number of fused-ring (bicyclic) bond motifs is 15. The molecule has 0 aliphatic heterocycles. The van der Waals surface area contributed by atoms with Crippen LogP contribution < -0.4 is 20.2 Å². The van der Waals surface area contributed by atoms with Crippen LogP contribution in [0.1, 0.15) is 33.4 Å². The topological polar surface area (TPSA) is 54.1 Å². The molecule has 10 aromatic carbocycles. The van der Waals surface area contributed by atoms with E-state index in [1.165, 1.54) is 76.4 Å². The van der Waals surface area contributed by atoms with Crippen molar-refractivity contribution in [1.29, 1.82) is 10.5 Å². The number of anilines is 6. The second-order valence-corrected chi connectivity index (χ2v) is 31.3. The van der Waals surface area contributed by atoms with Gasteiger partial charge in [-0.25, -0.2) is 0 Å². The molecule has 2 aliphatic carbocycles. The minimum Gasteiger partial charge on any atom is -0.310 e. The largest absolute Gasteiger partial charge is 0.310 e. The normalized spacial score (nSPS) is 13.0. The lowest BCUT2D eigenvalue weighted by Crippen LogP contribution is -2.37. The van der Waals surface area contributed by atoms with E-state index in [0.717, 1.165) is 34.1 Å². The number of hydrogen-bond acceptors (Lipinski definition) is 4. The van der Waals surface area contributed by atoms with Gasteiger partial charge in [-0.3, -0.25) is 0 Å². The van der Waals surface area contributed by atoms with E-state index in [4.69, 9.17) is 0 Å². The van der Waals surface area contributed by atoms with Crippen LogP contribution in [0.5, 0.6) is 0 Å². The second kappa shape index (κ2) is 16.4. The Morgan fingerprint density at radius 3 is 1.24 bits per heavy atom. The molecular formula is C65H52N4Si2. The Kier molecular flexibility index (Phi) is 10.2. The highest BCUT2D eigenvalue weighted by Crippen LogP contribution is 2.66. The summed E-state index contributed by atoms with van der Waals surface area (Å²) in [5.74, 6) is 0. The summed E-state index contributed by atoms with van der Waals surface area (Å²) < 4.78 is 0. The molecule has 1 spiro atoms. The van der Waals surface area contributed by atoms with E-state index in [1.807, 2.05) is 24.3 Å². The highest BCUT2D eigenvalue weighted by molar-refractivity contribution is 6.89. The minimum atomic E-state index is -1.57. The maximum atomic E-state index is 9.86. The quantitative estimate of drug-likeness (QED) is 0.112. The average molecular weight is 945 g/mol. The van der Waals surface area contributed by atoms with E-state index in [0.29, 0.717) is 11.1 Å². The summed E-state index contributed by atoms with van der Waals surface area (Å²) in [4.78, 5) is 4.69. The lowest BCUT2D eigenvalue weighted by molar-refractivity contribution is 0.801. The van der Waals surface area contributed by atoms with Crippen molar-refractivity contribution < 1.29 is 0 Å². The highest BCUT2D eigenvalue weighted by atomic mass is 28.3. The Morgan fingerprint density at radius 1 is 0.352 bits per heavy atom. The molecular weight excluding hydrogens is 893 g/mol. The van der Waals surface area contributed by atoms with E-state index < -0.39 is 21.6 Å². The van der Waals surface area contributed by atoms with Gasteiger partial charge in [-0.15, -0.1) is 0 Å². The SMILES string of the molecule is C[Si](C)(C)c1ccc(N(c2ccc(C#N)cc2)c2ccc3c(c2)C2(c4ccccc4-c4ccccc42)c2c-3c3ccccc3c3cc(N(c4ccc(C#N)cc4)c4ccc([Si](C)(C)C)cc4)ccc23)cc1. The zero-order chi connectivity index (χ0) is 48.8. The first-order valence-corrected chi connectivity index (χ1v) is 31.5. The van der Waals surface area contributed by atoms with E-state index in [9.17, 15) is 10.5 Å². The Labute approximate surface area is 419 Å². The van der Waals surface area contributed by atoms with Crippen molar-refractivity contribution in [3.8, 4) is 34.4 Å². The van der Waals surface area contributed by atoms with Crippen molar-refractivity contribution >= 4 is 82.2 Å². The molecule has 2 aliphatic rings. The van der Waals surface area contributed by atoms with Gasteiger partial charge in [-0.2, -0.15) is 10.5 Å². The molecule has 0 saturated heterocycles. The van der Waals surface area contributed by atoms with Crippen molar-refractivity contribution in [2.45, 2.75) is 44.7 Å². The van der Waals surface area contributed by atoms with Gasteiger partial charge in [0.15, 0.2) is 0 Å². The summed E-state index contributed by atoms with van der Waals surface area (Å²) in [5, 5.41) is 27.3. The van der Waals surface area contributed by atoms with Gasteiger partial charge in [-0.05, 0) is 163 Å². The van der Waals surface area contributed by atoms with Crippen LogP contribution in [0.2, 0.25) is 39.3 Å². The first kappa shape index (κ1) is 44.0. The van der Waals surface area contributed by atoms with Crippen LogP contribution in [0.15, 0.2) is 206 Å². The molecule has 0 bridgehead atoms. The third-order valence-corrected chi connectivity index (χ3v) is 19.2. The number of nitriles is 2. The Morgan fingerprint density at radius 2 is 0.761 bits per heavy atom. The molecule has 0 unspecified atom stereocenters. The maximum absolute atomic E-state index is 9.86. The summed E-state index contributed by atoms with van der Waals surface area (Å²) in [6.45, 7) is 14.3. The highest BCUT2D eigenvalue weighted by Gasteiger charge is 2.53. The van der Waals surface area contributed by atoms with Crippen molar-refractivity contribution in [3.05, 3.63) is 240 Å². The molecule has 0 atom stereocenters. The van der Waals surface area contributed by atoms with Crippen LogP contribution in [-0.2, 0) is 5.41 Å². The molecule has 6 heteroatoms. The van der Waals surface area contributed by atoms with Crippen LogP contribution in [-0.4, -0.2) is 16.1 Å². The van der Waals surface area contributed by atoms with E-state index >= 15 is 0 Å². The van der Waals surface area contributed by atoms with Gasteiger partial charge in [0.1, 0.15) is 0 Å². The van der Waals surface area contributed by atoms with Crippen LogP contribution >= 0.6 is 0 Å². The summed E-state index contributed by atoms with van der Waals surface area (Å²) in [5.41, 5.74) is 17.0. The summed E-state index contributed by atoms with van der Waals surface area (Å²) in [6.07, 6.45) is 0. The minimum absolute atomic E-state index is 0.632. The molecule has 0 radical (unpaired) electrons. The van der Waals surface area contributed by atoms with Gasteiger partial charge >= 0.3 is 0 Å². The zero-order valence-corrected chi connectivity index (χ0v) is 42.9. The predicted molar refractivity (Wildman–Crippen MR) is 303 cm³/mol. The molecule has 0 aromatic heterocycles. The molecule has 0 N–H and O–H groups in total. The number of rotatable bonds is 8. The number of nitrogens with zero attached hydrogens (tertiary/aromatic N) is 4. The summed E-state index contributed by atoms with van der Waals surface area (Å²) in [7, 11) is -3.13. The first-order valence-electron chi connectivity index (χ1n) is 24.5.